The number of halogens is 3. The Hall–Kier alpha value is -1.00. The molecular formula is C8H7F3N2. The summed E-state index contributed by atoms with van der Waals surface area (Å²) in [6, 6.07) is 0. The van der Waals surface area contributed by atoms with Crippen LogP contribution in [0.4, 0.5) is 13.2 Å². The van der Waals surface area contributed by atoms with Crippen molar-refractivity contribution in [1.82, 2.24) is 10.2 Å². The molecule has 3 rings (SSSR count). The zero-order chi connectivity index (χ0) is 9.22. The third kappa shape index (κ3) is 0.870. The lowest BCUT2D eigenvalue weighted by atomic mass is 10.1. The molecule has 0 aliphatic heterocycles. The van der Waals surface area contributed by atoms with Gasteiger partial charge in [-0.2, -0.15) is 18.3 Å². The van der Waals surface area contributed by atoms with E-state index in [4.69, 9.17) is 0 Å². The van der Waals surface area contributed by atoms with Gasteiger partial charge in [0.2, 0.25) is 0 Å². The van der Waals surface area contributed by atoms with E-state index < -0.39 is 11.9 Å². The third-order valence-electron chi connectivity index (χ3n) is 2.93. The first-order valence-corrected chi connectivity index (χ1v) is 4.21. The summed E-state index contributed by atoms with van der Waals surface area (Å²) >= 11 is 0. The zero-order valence-corrected chi connectivity index (χ0v) is 6.65. The molecule has 0 saturated heterocycles. The lowest BCUT2D eigenvalue weighted by molar-refractivity contribution is -0.141. The van der Waals surface area contributed by atoms with Crippen LogP contribution in [0.15, 0.2) is 0 Å². The lowest BCUT2D eigenvalue weighted by Crippen LogP contribution is -2.08. The number of hydrogen-bond acceptors (Lipinski definition) is 1. The second-order valence-electron chi connectivity index (χ2n) is 3.77. The van der Waals surface area contributed by atoms with Gasteiger partial charge in [0, 0.05) is 17.2 Å². The molecule has 1 fully saturated rings. The molecule has 2 aliphatic rings. The first-order chi connectivity index (χ1) is 6.07. The summed E-state index contributed by atoms with van der Waals surface area (Å²) in [5.41, 5.74) is 0.445. The van der Waals surface area contributed by atoms with Crippen LogP contribution in [-0.2, 0) is 12.6 Å². The largest absolute Gasteiger partial charge is 0.435 e. The Labute approximate surface area is 72.1 Å². The maximum atomic E-state index is 12.3. The molecule has 0 spiro atoms. The molecular weight excluding hydrogens is 181 g/mol. The summed E-state index contributed by atoms with van der Waals surface area (Å²) in [6.07, 6.45) is -2.70. The molecule has 70 valence electrons. The van der Waals surface area contributed by atoms with Crippen molar-refractivity contribution in [1.29, 1.82) is 0 Å². The molecule has 2 atom stereocenters. The topological polar surface area (TPSA) is 28.7 Å². The van der Waals surface area contributed by atoms with Crippen LogP contribution < -0.4 is 0 Å². The van der Waals surface area contributed by atoms with Gasteiger partial charge in [0.05, 0.1) is 0 Å². The van der Waals surface area contributed by atoms with E-state index in [2.05, 4.69) is 10.2 Å². The summed E-state index contributed by atoms with van der Waals surface area (Å²) in [4.78, 5) is 0. The molecule has 5 heteroatoms. The Kier molecular flexibility index (Phi) is 1.09. The van der Waals surface area contributed by atoms with Crippen molar-refractivity contribution in [2.45, 2.75) is 24.9 Å². The number of alkyl halides is 3. The van der Waals surface area contributed by atoms with Crippen LogP contribution in [0.3, 0.4) is 0 Å². The highest BCUT2D eigenvalue weighted by molar-refractivity contribution is 5.40. The van der Waals surface area contributed by atoms with Crippen molar-refractivity contribution >= 4 is 0 Å². The zero-order valence-electron chi connectivity index (χ0n) is 6.65. The van der Waals surface area contributed by atoms with Crippen LogP contribution in [0, 0.1) is 5.92 Å². The van der Waals surface area contributed by atoms with Crippen molar-refractivity contribution in [2.24, 2.45) is 5.92 Å². The van der Waals surface area contributed by atoms with Gasteiger partial charge in [-0.05, 0) is 18.8 Å². The number of hydrogen-bond donors (Lipinski definition) is 1. The van der Waals surface area contributed by atoms with Gasteiger partial charge in [-0.25, -0.2) is 0 Å². The maximum Gasteiger partial charge on any atom is 0.435 e. The van der Waals surface area contributed by atoms with Gasteiger partial charge in [-0.15, -0.1) is 0 Å². The van der Waals surface area contributed by atoms with Crippen molar-refractivity contribution in [3.8, 4) is 0 Å². The number of rotatable bonds is 0. The minimum absolute atomic E-state index is 0.346. The van der Waals surface area contributed by atoms with Gasteiger partial charge in [-0.3, -0.25) is 5.10 Å². The molecule has 0 bridgehead atoms. The summed E-state index contributed by atoms with van der Waals surface area (Å²) in [5.74, 6) is 0.809. The molecule has 2 nitrogen and oxygen atoms in total. The van der Waals surface area contributed by atoms with Crippen LogP contribution in [0.1, 0.15) is 29.3 Å². The second-order valence-corrected chi connectivity index (χ2v) is 3.77. The van der Waals surface area contributed by atoms with Gasteiger partial charge >= 0.3 is 6.18 Å². The van der Waals surface area contributed by atoms with Gasteiger partial charge < -0.3 is 0 Å². The number of aromatic amines is 1. The summed E-state index contributed by atoms with van der Waals surface area (Å²) < 4.78 is 37.0. The smallest absolute Gasteiger partial charge is 0.281 e. The molecule has 1 unspecified atom stereocenters. The Bertz CT molecular complexity index is 366. The Morgan fingerprint density at radius 3 is 2.85 bits per heavy atom. The molecule has 0 amide bonds. The molecule has 13 heavy (non-hydrogen) atoms. The van der Waals surface area contributed by atoms with Crippen LogP contribution >= 0.6 is 0 Å². The fourth-order valence-corrected chi connectivity index (χ4v) is 2.22. The first-order valence-electron chi connectivity index (χ1n) is 4.21. The highest BCUT2D eigenvalue weighted by Crippen LogP contribution is 2.57. The molecule has 1 heterocycles. The van der Waals surface area contributed by atoms with E-state index in [0.29, 0.717) is 23.8 Å². The van der Waals surface area contributed by atoms with Crippen molar-refractivity contribution in [3.05, 3.63) is 17.0 Å². The van der Waals surface area contributed by atoms with E-state index in [1.807, 2.05) is 0 Å². The second kappa shape index (κ2) is 1.91. The minimum Gasteiger partial charge on any atom is -0.281 e. The summed E-state index contributed by atoms with van der Waals surface area (Å²) in [5, 5.41) is 5.85. The molecule has 0 aromatic carbocycles. The predicted molar refractivity (Wildman–Crippen MR) is 38.1 cm³/mol. The van der Waals surface area contributed by atoms with Crippen LogP contribution in [-0.4, -0.2) is 10.2 Å². The number of fused-ring (bicyclic) bond motifs is 3. The highest BCUT2D eigenvalue weighted by atomic mass is 19.4. The minimum atomic E-state index is -4.29. The number of H-pyrrole nitrogens is 1. The third-order valence-corrected chi connectivity index (χ3v) is 2.93. The predicted octanol–water partition coefficient (Wildman–Crippen LogP) is 2.09. The highest BCUT2D eigenvalue weighted by Gasteiger charge is 2.51. The van der Waals surface area contributed by atoms with E-state index in [9.17, 15) is 13.2 Å². The standard InChI is InChI=1S/C8H7F3N2/c9-8(10,11)7-5-2-3-1-4(3)6(5)12-13-7/h3-4H,1-2H2,(H,12,13)/t3?,4-/m0/s1. The number of aromatic nitrogens is 2. The Morgan fingerprint density at radius 2 is 2.15 bits per heavy atom. The van der Waals surface area contributed by atoms with Crippen molar-refractivity contribution in [3.63, 3.8) is 0 Å². The SMILES string of the molecule is FC(F)(F)c1n[nH]c2c1CC1C[C@H]21. The van der Waals surface area contributed by atoms with Crippen LogP contribution in [0.2, 0.25) is 0 Å². The number of nitrogens with zero attached hydrogens (tertiary/aromatic N) is 1. The molecule has 0 radical (unpaired) electrons. The van der Waals surface area contributed by atoms with Gasteiger partial charge in [0.1, 0.15) is 0 Å². The van der Waals surface area contributed by atoms with E-state index >= 15 is 0 Å². The monoisotopic (exact) mass is 188 g/mol. The van der Waals surface area contributed by atoms with Crippen LogP contribution in [0.25, 0.3) is 0 Å². The van der Waals surface area contributed by atoms with E-state index in [1.165, 1.54) is 0 Å². The first kappa shape index (κ1) is 7.41. The number of nitrogens with one attached hydrogen (secondary N) is 1. The normalized spacial score (nSPS) is 30.1. The van der Waals surface area contributed by atoms with E-state index in [-0.39, 0.29) is 0 Å². The molecule has 1 N–H and O–H groups in total. The Morgan fingerprint density at radius 1 is 1.38 bits per heavy atom. The maximum absolute atomic E-state index is 12.3. The van der Waals surface area contributed by atoms with Gasteiger partial charge in [0.15, 0.2) is 5.69 Å². The van der Waals surface area contributed by atoms with Gasteiger partial charge in [-0.1, -0.05) is 0 Å². The van der Waals surface area contributed by atoms with E-state index in [0.717, 1.165) is 12.1 Å². The molecule has 1 aromatic heterocycles. The summed E-state index contributed by atoms with van der Waals surface area (Å²) in [7, 11) is 0. The quantitative estimate of drug-likeness (QED) is 0.663. The van der Waals surface area contributed by atoms with Crippen LogP contribution in [0.5, 0.6) is 0 Å². The molecule has 2 aliphatic carbocycles. The average Bonchev–Trinajstić information content (AvgIpc) is 2.52. The van der Waals surface area contributed by atoms with Crippen molar-refractivity contribution < 1.29 is 13.2 Å². The Balaban J connectivity index is 2.10. The average molecular weight is 188 g/mol. The van der Waals surface area contributed by atoms with E-state index in [1.54, 1.807) is 0 Å². The lowest BCUT2D eigenvalue weighted by Gasteiger charge is -2.04. The summed E-state index contributed by atoms with van der Waals surface area (Å²) in [6.45, 7) is 0. The molecule has 1 saturated carbocycles. The van der Waals surface area contributed by atoms with Crippen molar-refractivity contribution in [2.75, 3.05) is 0 Å². The molecule has 1 aromatic rings. The van der Waals surface area contributed by atoms with Gasteiger partial charge in [0.25, 0.3) is 0 Å². The fraction of sp³-hybridized carbons (Fsp3) is 0.625. The fourth-order valence-electron chi connectivity index (χ4n) is 2.22.